The molecule has 2 rings (SSSR count). The van der Waals surface area contributed by atoms with Gasteiger partial charge in [-0.1, -0.05) is 13.3 Å². The molecule has 1 saturated heterocycles. The molecule has 1 aromatic heterocycles. The molecular weight excluding hydrogens is 328 g/mol. The van der Waals surface area contributed by atoms with Gasteiger partial charge in [-0.15, -0.1) is 0 Å². The molecule has 1 aliphatic rings. The average molecular weight is 346 g/mol. The van der Waals surface area contributed by atoms with Crippen molar-refractivity contribution in [1.29, 1.82) is 0 Å². The van der Waals surface area contributed by atoms with Crippen LogP contribution in [0.4, 0.5) is 0 Å². The Bertz CT molecular complexity index is 700. The number of hydrogen-bond acceptors (Lipinski definition) is 7. The number of nitrogens with one attached hydrogen (secondary N) is 1. The van der Waals surface area contributed by atoms with Crippen molar-refractivity contribution in [3.05, 3.63) is 26.9 Å². The van der Waals surface area contributed by atoms with Crippen LogP contribution in [0, 0.1) is 4.77 Å². The molecule has 9 nitrogen and oxygen atoms in total. The molecule has 5 N–H and O–H groups in total. The highest BCUT2D eigenvalue weighted by Gasteiger charge is 2.48. The third-order valence-electron chi connectivity index (χ3n) is 3.65. The summed E-state index contributed by atoms with van der Waals surface area (Å²) >= 11 is 5.07. The van der Waals surface area contributed by atoms with Gasteiger partial charge in [0.05, 0.1) is 0 Å². The maximum atomic E-state index is 11.6. The summed E-state index contributed by atoms with van der Waals surface area (Å²) in [5, 5.41) is 38.9. The minimum atomic E-state index is -1.79. The minimum Gasteiger partial charge on any atom is -0.479 e. The molecule has 1 fully saturated rings. The number of aromatic nitrogens is 2. The number of carbonyl (C=O) groups is 1. The first-order chi connectivity index (χ1) is 10.8. The number of aryl methyl sites for hydroxylation is 1. The number of aliphatic hydroxyl groups is 3. The number of nitrogens with zero attached hydrogens (tertiary/aromatic N) is 1. The molecule has 0 aromatic carbocycles. The average Bonchev–Trinajstić information content (AvgIpc) is 2.46. The van der Waals surface area contributed by atoms with E-state index in [1.54, 1.807) is 0 Å². The van der Waals surface area contributed by atoms with Crippen LogP contribution in [0.5, 0.6) is 0 Å². The Balaban J connectivity index is 2.53. The van der Waals surface area contributed by atoms with Crippen LogP contribution in [-0.4, -0.2) is 60.4 Å². The summed E-state index contributed by atoms with van der Waals surface area (Å²) < 4.78 is 6.44. The van der Waals surface area contributed by atoms with Crippen LogP contribution < -0.4 is 5.56 Å². The molecule has 0 radical (unpaired) electrons. The first kappa shape index (κ1) is 17.8. The van der Waals surface area contributed by atoms with Gasteiger partial charge in [-0.05, 0) is 18.6 Å². The normalized spacial score (nSPS) is 31.0. The van der Waals surface area contributed by atoms with Crippen molar-refractivity contribution in [2.45, 2.75) is 50.4 Å². The summed E-state index contributed by atoms with van der Waals surface area (Å²) in [6.45, 7) is 1.87. The van der Waals surface area contributed by atoms with Crippen LogP contribution in [0.2, 0.25) is 0 Å². The van der Waals surface area contributed by atoms with Gasteiger partial charge in [0.25, 0.3) is 5.56 Å². The molecule has 23 heavy (non-hydrogen) atoms. The zero-order valence-corrected chi connectivity index (χ0v) is 13.1. The lowest BCUT2D eigenvalue weighted by Crippen LogP contribution is -2.58. The van der Waals surface area contributed by atoms with Gasteiger partial charge in [0.1, 0.15) is 18.3 Å². The summed E-state index contributed by atoms with van der Waals surface area (Å²) in [5.74, 6) is -1.48. The predicted octanol–water partition coefficient (Wildman–Crippen LogP) is -1.08. The van der Waals surface area contributed by atoms with E-state index in [0.29, 0.717) is 18.5 Å². The van der Waals surface area contributed by atoms with Crippen molar-refractivity contribution >= 4 is 18.2 Å². The predicted molar refractivity (Wildman–Crippen MR) is 79.4 cm³/mol. The highest BCUT2D eigenvalue weighted by molar-refractivity contribution is 7.71. The first-order valence-corrected chi connectivity index (χ1v) is 7.46. The van der Waals surface area contributed by atoms with Crippen molar-refractivity contribution in [2.24, 2.45) is 0 Å². The van der Waals surface area contributed by atoms with E-state index in [9.17, 15) is 24.9 Å². The van der Waals surface area contributed by atoms with Crippen molar-refractivity contribution in [1.82, 2.24) is 9.55 Å². The monoisotopic (exact) mass is 346 g/mol. The highest BCUT2D eigenvalue weighted by atomic mass is 32.1. The molecule has 0 unspecified atom stereocenters. The standard InChI is InChI=1S/C13H18N2O7S/c1-2-3-5-4-6(16)14-13(23)15(5)11-9(19)7(17)8(18)10(22-11)12(20)21/h4,7-11,17-19H,2-3H2,1H3,(H,20,21)(H,14,16,23)/t7-,8-,9+,10-,11+/m0/s1. The molecule has 128 valence electrons. The fourth-order valence-corrected chi connectivity index (χ4v) is 2.88. The van der Waals surface area contributed by atoms with E-state index in [4.69, 9.17) is 22.1 Å². The fraction of sp³-hybridized carbons (Fsp3) is 0.615. The molecule has 0 saturated carbocycles. The molecule has 0 bridgehead atoms. The third-order valence-corrected chi connectivity index (χ3v) is 3.95. The van der Waals surface area contributed by atoms with E-state index >= 15 is 0 Å². The zero-order chi connectivity index (χ0) is 17.3. The smallest absolute Gasteiger partial charge is 0.335 e. The zero-order valence-electron chi connectivity index (χ0n) is 12.2. The molecule has 1 aliphatic heterocycles. The van der Waals surface area contributed by atoms with Gasteiger partial charge in [-0.3, -0.25) is 14.3 Å². The number of ether oxygens (including phenoxy) is 1. The van der Waals surface area contributed by atoms with E-state index in [-0.39, 0.29) is 4.77 Å². The molecule has 10 heteroatoms. The number of aliphatic carboxylic acids is 1. The number of aromatic amines is 1. The summed E-state index contributed by atoms with van der Waals surface area (Å²) in [6.07, 6.45) is -7.13. The van der Waals surface area contributed by atoms with Gasteiger partial charge < -0.3 is 25.2 Å². The van der Waals surface area contributed by atoms with Gasteiger partial charge >= 0.3 is 5.97 Å². The maximum absolute atomic E-state index is 11.6. The van der Waals surface area contributed by atoms with E-state index in [1.807, 2.05) is 6.92 Å². The minimum absolute atomic E-state index is 0.0715. The van der Waals surface area contributed by atoms with Gasteiger partial charge in [0.2, 0.25) is 0 Å². The van der Waals surface area contributed by atoms with Crippen LogP contribution in [0.3, 0.4) is 0 Å². The number of carboxylic acids is 1. The van der Waals surface area contributed by atoms with Crippen molar-refractivity contribution in [3.63, 3.8) is 0 Å². The maximum Gasteiger partial charge on any atom is 0.335 e. The van der Waals surface area contributed by atoms with Crippen molar-refractivity contribution < 1.29 is 30.0 Å². The quantitative estimate of drug-likeness (QED) is 0.433. The Morgan fingerprint density at radius 2 is 2.00 bits per heavy atom. The SMILES string of the molecule is CCCc1cc(=O)[nH]c(=S)n1[C@@H]1O[C@H](C(=O)O)[C@@H](O)[C@H](O)[C@H]1O. The van der Waals surface area contributed by atoms with E-state index in [1.165, 1.54) is 10.6 Å². The van der Waals surface area contributed by atoms with Crippen molar-refractivity contribution in [2.75, 3.05) is 0 Å². The molecular formula is C13H18N2O7S. The summed E-state index contributed by atoms with van der Waals surface area (Å²) in [4.78, 5) is 25.1. The second-order valence-corrected chi connectivity index (χ2v) is 5.69. The number of carboxylic acid groups (broad SMARTS) is 1. The van der Waals surface area contributed by atoms with Gasteiger partial charge in [-0.2, -0.15) is 0 Å². The van der Waals surface area contributed by atoms with Crippen molar-refractivity contribution in [3.8, 4) is 0 Å². The van der Waals surface area contributed by atoms with E-state index in [0.717, 1.165) is 0 Å². The Labute approximate surface area is 135 Å². The molecule has 0 aliphatic carbocycles. The van der Waals surface area contributed by atoms with Crippen LogP contribution in [-0.2, 0) is 16.0 Å². The Morgan fingerprint density at radius 3 is 2.57 bits per heavy atom. The van der Waals surface area contributed by atoms with Crippen LogP contribution in [0.25, 0.3) is 0 Å². The van der Waals surface area contributed by atoms with E-state index in [2.05, 4.69) is 4.98 Å². The number of hydrogen-bond donors (Lipinski definition) is 5. The van der Waals surface area contributed by atoms with Crippen LogP contribution in [0.1, 0.15) is 25.3 Å². The molecule has 5 atom stereocenters. The molecule has 1 aromatic rings. The third kappa shape index (κ3) is 3.35. The van der Waals surface area contributed by atoms with E-state index < -0.39 is 42.2 Å². The number of rotatable bonds is 4. The molecule has 0 spiro atoms. The van der Waals surface area contributed by atoms with Gasteiger partial charge in [-0.25, -0.2) is 4.79 Å². The highest BCUT2D eigenvalue weighted by Crippen LogP contribution is 2.29. The Kier molecular flexibility index (Phi) is 5.32. The lowest BCUT2D eigenvalue weighted by molar-refractivity contribution is -0.247. The summed E-state index contributed by atoms with van der Waals surface area (Å²) in [6, 6.07) is 1.27. The van der Waals surface area contributed by atoms with Crippen LogP contribution in [0.15, 0.2) is 10.9 Å². The first-order valence-electron chi connectivity index (χ1n) is 7.05. The second-order valence-electron chi connectivity index (χ2n) is 5.31. The van der Waals surface area contributed by atoms with Gasteiger partial charge in [0.15, 0.2) is 17.1 Å². The largest absolute Gasteiger partial charge is 0.479 e. The topological polar surface area (TPSA) is 145 Å². The summed E-state index contributed by atoms with van der Waals surface area (Å²) in [5.41, 5.74) is -0.00612. The Morgan fingerprint density at radius 1 is 1.35 bits per heavy atom. The lowest BCUT2D eigenvalue weighted by Gasteiger charge is -2.40. The Hall–Kier alpha value is -1.59. The number of H-pyrrole nitrogens is 1. The lowest BCUT2D eigenvalue weighted by atomic mass is 9.97. The molecule has 2 heterocycles. The van der Waals surface area contributed by atoms with Gasteiger partial charge in [0, 0.05) is 11.8 Å². The second kappa shape index (κ2) is 6.89. The van der Waals surface area contributed by atoms with Crippen LogP contribution >= 0.6 is 12.2 Å². The molecule has 0 amide bonds. The fourth-order valence-electron chi connectivity index (χ4n) is 2.56. The summed E-state index contributed by atoms with van der Waals surface area (Å²) in [7, 11) is 0. The number of aliphatic hydroxyl groups excluding tert-OH is 3.